The Kier molecular flexibility index (Phi) is 10.2. The summed E-state index contributed by atoms with van der Waals surface area (Å²) in [5, 5.41) is 10.9. The van der Waals surface area contributed by atoms with Crippen molar-refractivity contribution in [3.63, 3.8) is 0 Å². The molecule has 5 rings (SSSR count). The van der Waals surface area contributed by atoms with Crippen molar-refractivity contribution >= 4 is 68.4 Å². The van der Waals surface area contributed by atoms with E-state index in [1.165, 1.54) is 0 Å². The number of carbonyl (C=O) groups excluding carboxylic acids is 3. The van der Waals surface area contributed by atoms with Crippen LogP contribution < -0.4 is 9.80 Å². The average Bonchev–Trinajstić information content (AvgIpc) is 3.61. The van der Waals surface area contributed by atoms with Crippen LogP contribution in [0.1, 0.15) is 32.3 Å². The van der Waals surface area contributed by atoms with Gasteiger partial charge in [0.15, 0.2) is 0 Å². The molecule has 240 valence electrons. The number of alkyl halides is 1. The molecule has 3 saturated heterocycles. The van der Waals surface area contributed by atoms with Crippen LogP contribution in [-0.4, -0.2) is 74.3 Å². The third kappa shape index (κ3) is 5.79. The second-order valence-corrected chi connectivity index (χ2v) is 15.7. The number of aliphatic hydroxyl groups is 1. The molecule has 2 aromatic rings. The Hall–Kier alpha value is -2.59. The first-order chi connectivity index (χ1) is 21.5. The lowest BCUT2D eigenvalue weighted by Gasteiger charge is -2.40. The third-order valence-corrected chi connectivity index (χ3v) is 12.8. The molecule has 0 aromatic heterocycles. The van der Waals surface area contributed by atoms with E-state index in [0.29, 0.717) is 23.6 Å². The summed E-state index contributed by atoms with van der Waals surface area (Å²) in [4.78, 5) is 49.4. The van der Waals surface area contributed by atoms with Crippen molar-refractivity contribution in [2.24, 2.45) is 17.8 Å². The van der Waals surface area contributed by atoms with Gasteiger partial charge >= 0.3 is 0 Å². The van der Waals surface area contributed by atoms with Crippen molar-refractivity contribution in [3.05, 3.63) is 84.4 Å². The van der Waals surface area contributed by atoms with Crippen molar-refractivity contribution in [2.45, 2.75) is 60.5 Å². The molecule has 7 atom stereocenters. The van der Waals surface area contributed by atoms with Crippen LogP contribution in [0.5, 0.6) is 0 Å². The highest BCUT2D eigenvalue weighted by Crippen LogP contribution is 2.68. The number of para-hydroxylation sites is 2. The molecule has 7 nitrogen and oxygen atoms in total. The van der Waals surface area contributed by atoms with Crippen LogP contribution in [0.25, 0.3) is 0 Å². The Morgan fingerprint density at radius 3 is 2.38 bits per heavy atom. The molecule has 3 fully saturated rings. The predicted molar refractivity (Wildman–Crippen MR) is 187 cm³/mol. The van der Waals surface area contributed by atoms with Gasteiger partial charge in [-0.2, -0.15) is 0 Å². The van der Waals surface area contributed by atoms with E-state index < -0.39 is 28.7 Å². The summed E-state index contributed by atoms with van der Waals surface area (Å²) in [6.07, 6.45) is 4.38. The number of aliphatic hydroxyl groups excluding tert-OH is 1. The Labute approximate surface area is 283 Å². The van der Waals surface area contributed by atoms with Crippen LogP contribution in [0.15, 0.2) is 73.8 Å². The molecule has 3 unspecified atom stereocenters. The molecule has 0 aliphatic carbocycles. The molecule has 3 amide bonds. The first-order valence-corrected chi connectivity index (χ1v) is 17.6. The Bertz CT molecular complexity index is 1450. The standard InChI is InChI=1S/C35H41BrClN3O4S/c1-6-16-38(23-13-9-8-10-14-23)32(42)27-28-33(43)40(24(20-41)18-21(3)4)31(35(28)19-25(36)30(27)45-35)34(44)39(17-7-2)29-22(5)12-11-15-26(29)37/h6-15,21,24-25,27-28,30-31,41H,1-2,16-20H2,3-5H3/t24-,25?,27+,28+,30+,31?,35?/m1/s1. The number of fused-ring (bicyclic) bond motifs is 1. The van der Waals surface area contributed by atoms with Gasteiger partial charge in [0.05, 0.1) is 39.9 Å². The average molecular weight is 715 g/mol. The van der Waals surface area contributed by atoms with Gasteiger partial charge in [-0.15, -0.1) is 24.9 Å². The highest BCUT2D eigenvalue weighted by Gasteiger charge is 2.76. The molecule has 0 saturated carbocycles. The number of thioether (sulfide) groups is 1. The summed E-state index contributed by atoms with van der Waals surface area (Å²) >= 11 is 12.2. The van der Waals surface area contributed by atoms with Crippen molar-refractivity contribution in [2.75, 3.05) is 29.5 Å². The lowest BCUT2D eigenvalue weighted by Crippen LogP contribution is -2.58. The minimum absolute atomic E-state index is 0.0929. The van der Waals surface area contributed by atoms with Crippen molar-refractivity contribution in [3.8, 4) is 0 Å². The van der Waals surface area contributed by atoms with E-state index in [0.717, 1.165) is 11.3 Å². The van der Waals surface area contributed by atoms with E-state index >= 15 is 4.79 Å². The largest absolute Gasteiger partial charge is 0.394 e. The number of benzene rings is 2. The molecule has 2 bridgehead atoms. The first kappa shape index (κ1) is 33.8. The van der Waals surface area contributed by atoms with Gasteiger partial charge in [0.25, 0.3) is 5.91 Å². The Morgan fingerprint density at radius 1 is 1.11 bits per heavy atom. The van der Waals surface area contributed by atoms with E-state index in [1.54, 1.807) is 44.7 Å². The van der Waals surface area contributed by atoms with Gasteiger partial charge in [-0.3, -0.25) is 14.4 Å². The van der Waals surface area contributed by atoms with Crippen LogP contribution >= 0.6 is 39.3 Å². The highest BCUT2D eigenvalue weighted by molar-refractivity contribution is 9.09. The Balaban J connectivity index is 1.66. The van der Waals surface area contributed by atoms with Gasteiger partial charge in [-0.05, 0) is 49.4 Å². The van der Waals surface area contributed by atoms with Crippen LogP contribution in [0.4, 0.5) is 11.4 Å². The second kappa shape index (κ2) is 13.6. The fraction of sp³-hybridized carbons (Fsp3) is 0.457. The number of amides is 3. The number of rotatable bonds is 12. The SMILES string of the molecule is C=CCN(C(=O)[C@H]1[C@H]2C(=O)N([C@@H](CO)CC(C)C)C(C(=O)N(CC=C)c3c(C)cccc3Cl)C23CC(Br)[C@@H]1S3)c1ccccc1. The number of anilines is 2. The van der Waals surface area contributed by atoms with Crippen molar-refractivity contribution < 1.29 is 19.5 Å². The molecule has 1 N–H and O–H groups in total. The van der Waals surface area contributed by atoms with Gasteiger partial charge in [-0.25, -0.2) is 0 Å². The molecule has 1 spiro atoms. The summed E-state index contributed by atoms with van der Waals surface area (Å²) in [6.45, 7) is 13.9. The van der Waals surface area contributed by atoms with E-state index in [1.807, 2.05) is 63.2 Å². The molecule has 0 radical (unpaired) electrons. The molecular formula is C35H41BrClN3O4S. The monoisotopic (exact) mass is 713 g/mol. The van der Waals surface area contributed by atoms with E-state index in [2.05, 4.69) is 29.1 Å². The smallest absolute Gasteiger partial charge is 0.251 e. The summed E-state index contributed by atoms with van der Waals surface area (Å²) in [6, 6.07) is 13.4. The summed E-state index contributed by atoms with van der Waals surface area (Å²) in [5.74, 6) is -1.94. The van der Waals surface area contributed by atoms with Gasteiger partial charge in [-0.1, -0.05) is 83.9 Å². The molecule has 10 heteroatoms. The zero-order chi connectivity index (χ0) is 32.6. The van der Waals surface area contributed by atoms with Gasteiger partial charge in [0.1, 0.15) is 6.04 Å². The van der Waals surface area contributed by atoms with E-state index in [4.69, 9.17) is 11.6 Å². The van der Waals surface area contributed by atoms with Crippen LogP contribution in [0, 0.1) is 24.7 Å². The molecule has 3 aliphatic heterocycles. The third-order valence-electron chi connectivity index (χ3n) is 9.28. The van der Waals surface area contributed by atoms with Crippen LogP contribution in [-0.2, 0) is 14.4 Å². The van der Waals surface area contributed by atoms with E-state index in [9.17, 15) is 14.7 Å². The van der Waals surface area contributed by atoms with Gasteiger partial charge < -0.3 is 19.8 Å². The van der Waals surface area contributed by atoms with Gasteiger partial charge in [0, 0.05) is 28.9 Å². The zero-order valence-corrected chi connectivity index (χ0v) is 29.1. The maximum absolute atomic E-state index is 15.1. The number of nitrogens with zero attached hydrogens (tertiary/aromatic N) is 3. The molecule has 2 aromatic carbocycles. The Morgan fingerprint density at radius 2 is 1.78 bits per heavy atom. The van der Waals surface area contributed by atoms with E-state index in [-0.39, 0.29) is 53.4 Å². The lowest BCUT2D eigenvalue weighted by molar-refractivity contribution is -0.142. The topological polar surface area (TPSA) is 81.2 Å². The minimum Gasteiger partial charge on any atom is -0.394 e. The molecule has 45 heavy (non-hydrogen) atoms. The summed E-state index contributed by atoms with van der Waals surface area (Å²) < 4.78 is -0.886. The van der Waals surface area contributed by atoms with Crippen LogP contribution in [0.3, 0.4) is 0 Å². The summed E-state index contributed by atoms with van der Waals surface area (Å²) in [7, 11) is 0. The number of aryl methyl sites for hydroxylation is 1. The molecular weight excluding hydrogens is 674 g/mol. The quantitative estimate of drug-likeness (QED) is 0.208. The number of halogens is 2. The highest BCUT2D eigenvalue weighted by atomic mass is 79.9. The lowest BCUT2D eigenvalue weighted by atomic mass is 9.70. The predicted octanol–water partition coefficient (Wildman–Crippen LogP) is 6.26. The fourth-order valence-electron chi connectivity index (χ4n) is 7.62. The van der Waals surface area contributed by atoms with Crippen LogP contribution in [0.2, 0.25) is 5.02 Å². The first-order valence-electron chi connectivity index (χ1n) is 15.4. The maximum Gasteiger partial charge on any atom is 0.251 e. The zero-order valence-electron chi connectivity index (χ0n) is 25.9. The number of likely N-dealkylation sites (tertiary alicyclic amines) is 1. The fourth-order valence-corrected chi connectivity index (χ4v) is 11.5. The van der Waals surface area contributed by atoms with Crippen molar-refractivity contribution in [1.29, 1.82) is 0 Å². The second-order valence-electron chi connectivity index (χ2n) is 12.6. The normalized spacial score (nSPS) is 27.4. The number of hydrogen-bond acceptors (Lipinski definition) is 5. The summed E-state index contributed by atoms with van der Waals surface area (Å²) in [5.41, 5.74) is 2.12. The molecule has 3 heterocycles. The maximum atomic E-state index is 15.1. The number of carbonyl (C=O) groups is 3. The minimum atomic E-state index is -0.918. The van der Waals surface area contributed by atoms with Crippen molar-refractivity contribution in [1.82, 2.24) is 4.90 Å². The number of hydrogen-bond donors (Lipinski definition) is 1. The van der Waals surface area contributed by atoms with Gasteiger partial charge in [0.2, 0.25) is 11.8 Å². The molecule has 3 aliphatic rings.